The largest absolute Gasteiger partial charge is 0.477 e. The second-order valence-electron chi connectivity index (χ2n) is 6.16. The summed E-state index contributed by atoms with van der Waals surface area (Å²) in [7, 11) is 0. The van der Waals surface area contributed by atoms with Crippen LogP contribution in [0.4, 0.5) is 0 Å². The molecule has 7 heteroatoms. The Morgan fingerprint density at radius 3 is 2.79 bits per heavy atom. The van der Waals surface area contributed by atoms with Crippen molar-refractivity contribution in [1.29, 1.82) is 0 Å². The topological polar surface area (TPSA) is 113 Å². The van der Waals surface area contributed by atoms with Gasteiger partial charge < -0.3 is 15.7 Å². The van der Waals surface area contributed by atoms with Gasteiger partial charge in [-0.15, -0.1) is 0 Å². The van der Waals surface area contributed by atoms with E-state index in [0.29, 0.717) is 12.1 Å². The van der Waals surface area contributed by atoms with Crippen molar-refractivity contribution in [3.8, 4) is 0 Å². The molecule has 0 aromatic heterocycles. The summed E-state index contributed by atoms with van der Waals surface area (Å²) < 4.78 is 0. The van der Waals surface area contributed by atoms with Gasteiger partial charge in [0.2, 0.25) is 5.91 Å². The van der Waals surface area contributed by atoms with E-state index in [2.05, 4.69) is 4.99 Å². The number of rotatable bonds is 5. The molecule has 24 heavy (non-hydrogen) atoms. The molecule has 1 amide bonds. The molecule has 1 saturated heterocycles. The zero-order valence-corrected chi connectivity index (χ0v) is 13.2. The van der Waals surface area contributed by atoms with Crippen LogP contribution in [0.2, 0.25) is 0 Å². The van der Waals surface area contributed by atoms with Gasteiger partial charge in [-0.3, -0.25) is 9.59 Å². The Hall–Kier alpha value is -2.70. The van der Waals surface area contributed by atoms with Gasteiger partial charge in [0, 0.05) is 38.3 Å². The lowest BCUT2D eigenvalue weighted by atomic mass is 9.83. The van der Waals surface area contributed by atoms with Crippen LogP contribution in [-0.2, 0) is 14.4 Å². The minimum absolute atomic E-state index is 0.000556. The second kappa shape index (κ2) is 6.43. The first-order chi connectivity index (χ1) is 11.5. The Labute approximate surface area is 139 Å². The monoisotopic (exact) mass is 329 g/mol. The fourth-order valence-electron chi connectivity index (χ4n) is 3.40. The zero-order chi connectivity index (χ0) is 17.3. The number of hydrogen-bond donors (Lipinski definition) is 2. The summed E-state index contributed by atoms with van der Waals surface area (Å²) in [5.74, 6) is -1.32. The van der Waals surface area contributed by atoms with E-state index in [1.165, 1.54) is 6.08 Å². The highest BCUT2D eigenvalue weighted by atomic mass is 16.4. The number of amidine groups is 1. The van der Waals surface area contributed by atoms with E-state index in [4.69, 9.17) is 5.73 Å². The quantitative estimate of drug-likeness (QED) is 0.774. The van der Waals surface area contributed by atoms with Gasteiger partial charge in [-0.1, -0.05) is 12.2 Å². The second-order valence-corrected chi connectivity index (χ2v) is 6.16. The van der Waals surface area contributed by atoms with Gasteiger partial charge in [0.05, 0.1) is 0 Å². The van der Waals surface area contributed by atoms with Crippen LogP contribution in [0.15, 0.2) is 40.1 Å². The van der Waals surface area contributed by atoms with Crippen LogP contribution < -0.4 is 5.73 Å². The van der Waals surface area contributed by atoms with Crippen molar-refractivity contribution in [3.05, 3.63) is 35.1 Å². The van der Waals surface area contributed by atoms with Gasteiger partial charge in [-0.25, -0.2) is 9.79 Å². The molecule has 0 aromatic carbocycles. The smallest absolute Gasteiger partial charge is 0.354 e. The molecular formula is C17H19N3O4. The number of nitrogens with zero attached hydrogens (tertiary/aromatic N) is 2. The van der Waals surface area contributed by atoms with Crippen molar-refractivity contribution >= 4 is 23.5 Å². The average Bonchev–Trinajstić information content (AvgIpc) is 2.99. The number of carbonyl (C=O) groups excluding carboxylic acids is 2. The Bertz CT molecular complexity index is 730. The van der Waals surface area contributed by atoms with E-state index in [9.17, 15) is 19.5 Å². The van der Waals surface area contributed by atoms with Crippen molar-refractivity contribution in [2.45, 2.75) is 25.7 Å². The number of hydrogen-bond acceptors (Lipinski definition) is 5. The molecule has 1 atom stereocenters. The molecule has 2 heterocycles. The Morgan fingerprint density at radius 2 is 2.17 bits per heavy atom. The molecule has 1 aliphatic carbocycles. The number of aliphatic imine (C=N–C) groups is 1. The number of nitrogens with two attached hydrogens (primary N) is 1. The number of carboxylic acids is 1. The van der Waals surface area contributed by atoms with Gasteiger partial charge in [0.25, 0.3) is 0 Å². The van der Waals surface area contributed by atoms with Crippen molar-refractivity contribution in [2.75, 3.05) is 13.1 Å². The van der Waals surface area contributed by atoms with Crippen LogP contribution in [0.1, 0.15) is 25.7 Å². The number of ketones is 1. The van der Waals surface area contributed by atoms with Crippen LogP contribution >= 0.6 is 0 Å². The normalized spacial score (nSPS) is 21.3. The lowest BCUT2D eigenvalue weighted by molar-refractivity contribution is -0.133. The van der Waals surface area contributed by atoms with E-state index in [1.807, 2.05) is 4.90 Å². The van der Waals surface area contributed by atoms with Crippen LogP contribution in [0.5, 0.6) is 0 Å². The summed E-state index contributed by atoms with van der Waals surface area (Å²) in [4.78, 5) is 41.0. The molecule has 0 bridgehead atoms. The highest BCUT2D eigenvalue weighted by molar-refractivity contribution is 5.96. The molecule has 3 N–H and O–H groups in total. The number of aliphatic carboxylic acids is 1. The molecule has 3 aliphatic rings. The fourth-order valence-corrected chi connectivity index (χ4v) is 3.40. The highest BCUT2D eigenvalue weighted by Gasteiger charge is 2.34. The van der Waals surface area contributed by atoms with E-state index in [1.54, 1.807) is 12.2 Å². The Balaban J connectivity index is 2.03. The third-order valence-electron chi connectivity index (χ3n) is 4.53. The number of allylic oxidation sites excluding steroid dienone is 4. The van der Waals surface area contributed by atoms with Gasteiger partial charge in [0.1, 0.15) is 5.84 Å². The minimum atomic E-state index is -1.10. The minimum Gasteiger partial charge on any atom is -0.477 e. The molecule has 126 valence electrons. The summed E-state index contributed by atoms with van der Waals surface area (Å²) in [5, 5.41) is 9.56. The maximum atomic E-state index is 11.7. The van der Waals surface area contributed by atoms with E-state index < -0.39 is 17.8 Å². The molecule has 1 unspecified atom stereocenters. The summed E-state index contributed by atoms with van der Waals surface area (Å²) >= 11 is 0. The van der Waals surface area contributed by atoms with Gasteiger partial charge in [-0.2, -0.15) is 0 Å². The lowest BCUT2D eigenvalue weighted by Crippen LogP contribution is -2.36. The predicted octanol–water partition coefficient (Wildman–Crippen LogP) is 0.780. The molecule has 2 aliphatic heterocycles. The van der Waals surface area contributed by atoms with E-state index in [-0.39, 0.29) is 24.3 Å². The van der Waals surface area contributed by atoms with Crippen LogP contribution in [0, 0.1) is 5.92 Å². The maximum Gasteiger partial charge on any atom is 0.354 e. The molecule has 0 radical (unpaired) electrons. The molecule has 3 rings (SSSR count). The van der Waals surface area contributed by atoms with Crippen molar-refractivity contribution in [1.82, 2.24) is 4.90 Å². The molecule has 1 fully saturated rings. The number of carbonyl (C=O) groups is 3. The van der Waals surface area contributed by atoms with Crippen molar-refractivity contribution in [3.63, 3.8) is 0 Å². The zero-order valence-electron chi connectivity index (χ0n) is 13.2. The summed E-state index contributed by atoms with van der Waals surface area (Å²) in [5.41, 5.74) is 6.72. The average molecular weight is 329 g/mol. The maximum absolute atomic E-state index is 11.7. The number of amides is 1. The van der Waals surface area contributed by atoms with Gasteiger partial charge in [0.15, 0.2) is 11.5 Å². The van der Waals surface area contributed by atoms with Crippen molar-refractivity contribution < 1.29 is 19.5 Å². The Morgan fingerprint density at radius 1 is 1.38 bits per heavy atom. The number of fused-ring (bicyclic) bond motifs is 1. The first-order valence-corrected chi connectivity index (χ1v) is 7.94. The standard InChI is InChI=1S/C17H19N3O4/c18-14(22)8-12(10-3-5-11(21)6-4-10)13-9-20-7-1-2-15(20)19-16(13)17(23)24/h3-5,12H,1-2,6-9H2,(H2,18,22)(H,23,24). The molecule has 0 spiro atoms. The molecule has 0 saturated carbocycles. The predicted molar refractivity (Wildman–Crippen MR) is 87.1 cm³/mol. The fraction of sp³-hybridized carbons (Fsp3) is 0.412. The lowest BCUT2D eigenvalue weighted by Gasteiger charge is -2.31. The van der Waals surface area contributed by atoms with Crippen molar-refractivity contribution in [2.24, 2.45) is 16.6 Å². The third kappa shape index (κ3) is 3.15. The summed E-state index contributed by atoms with van der Waals surface area (Å²) in [6.45, 7) is 1.25. The SMILES string of the molecule is NC(=O)CC(C1=CCC(=O)C=C1)C1=C(C(=O)O)N=C2CCCN2C1. The van der Waals surface area contributed by atoms with Crippen LogP contribution in [-0.4, -0.2) is 46.6 Å². The number of carboxylic acid groups (broad SMARTS) is 1. The number of primary amides is 1. The van der Waals surface area contributed by atoms with E-state index in [0.717, 1.165) is 30.8 Å². The third-order valence-corrected chi connectivity index (χ3v) is 4.53. The summed E-state index contributed by atoms with van der Waals surface area (Å²) in [6, 6.07) is 0. The molecule has 0 aromatic rings. The first kappa shape index (κ1) is 16.2. The van der Waals surface area contributed by atoms with Crippen LogP contribution in [0.25, 0.3) is 0 Å². The van der Waals surface area contributed by atoms with E-state index >= 15 is 0 Å². The molecule has 7 nitrogen and oxygen atoms in total. The highest BCUT2D eigenvalue weighted by Crippen LogP contribution is 2.34. The van der Waals surface area contributed by atoms with Gasteiger partial charge >= 0.3 is 5.97 Å². The Kier molecular flexibility index (Phi) is 4.33. The van der Waals surface area contributed by atoms with Gasteiger partial charge in [-0.05, 0) is 23.6 Å². The van der Waals surface area contributed by atoms with Crippen LogP contribution in [0.3, 0.4) is 0 Å². The molecular weight excluding hydrogens is 310 g/mol. The summed E-state index contributed by atoms with van der Waals surface area (Å²) in [6.07, 6.45) is 6.79. The first-order valence-electron chi connectivity index (χ1n) is 7.94.